The van der Waals surface area contributed by atoms with Crippen molar-refractivity contribution in [3.8, 4) is 0 Å². The molecule has 0 fully saturated rings. The molecule has 110 valence electrons. The summed E-state index contributed by atoms with van der Waals surface area (Å²) in [5.74, 6) is 0.637. The fourth-order valence-corrected chi connectivity index (χ4v) is 2.50. The van der Waals surface area contributed by atoms with Gasteiger partial charge in [0.1, 0.15) is 6.26 Å². The van der Waals surface area contributed by atoms with Gasteiger partial charge in [0.2, 0.25) is 5.95 Å². The summed E-state index contributed by atoms with van der Waals surface area (Å²) < 4.78 is 4.93. The van der Waals surface area contributed by atoms with Crippen LogP contribution in [-0.4, -0.2) is 36.0 Å². The van der Waals surface area contributed by atoms with Crippen LogP contribution in [0.5, 0.6) is 0 Å². The minimum Gasteiger partial charge on any atom is -0.472 e. The Morgan fingerprint density at radius 2 is 2.33 bits per heavy atom. The van der Waals surface area contributed by atoms with Gasteiger partial charge < -0.3 is 14.6 Å². The highest BCUT2D eigenvalue weighted by Gasteiger charge is 2.22. The third-order valence-corrected chi connectivity index (χ3v) is 3.66. The van der Waals surface area contributed by atoms with Crippen LogP contribution < -0.4 is 10.2 Å². The molecule has 1 unspecified atom stereocenters. The van der Waals surface area contributed by atoms with Gasteiger partial charge in [-0.2, -0.15) is 0 Å². The van der Waals surface area contributed by atoms with Crippen LogP contribution in [0.4, 0.5) is 5.95 Å². The van der Waals surface area contributed by atoms with Crippen LogP contribution in [0, 0.1) is 0 Å². The average Bonchev–Trinajstić information content (AvgIpc) is 3.01. The lowest BCUT2D eigenvalue weighted by Gasteiger charge is -2.25. The SMILES string of the molecule is CN(C)c1ncc2c(n1)CCC(NC(=O)c1ccoc1)C2. The van der Waals surface area contributed by atoms with Crippen LogP contribution in [-0.2, 0) is 12.8 Å². The van der Waals surface area contributed by atoms with Crippen molar-refractivity contribution in [2.24, 2.45) is 0 Å². The molecular weight excluding hydrogens is 268 g/mol. The van der Waals surface area contributed by atoms with Gasteiger partial charge in [0.15, 0.2) is 0 Å². The number of aryl methyl sites for hydroxylation is 1. The van der Waals surface area contributed by atoms with E-state index in [-0.39, 0.29) is 11.9 Å². The molecule has 0 saturated heterocycles. The van der Waals surface area contributed by atoms with Crippen LogP contribution >= 0.6 is 0 Å². The fraction of sp³-hybridized carbons (Fsp3) is 0.400. The quantitative estimate of drug-likeness (QED) is 0.924. The first kappa shape index (κ1) is 13.6. The number of amides is 1. The van der Waals surface area contributed by atoms with E-state index in [4.69, 9.17) is 4.42 Å². The van der Waals surface area contributed by atoms with E-state index in [9.17, 15) is 4.79 Å². The molecule has 2 aromatic rings. The monoisotopic (exact) mass is 286 g/mol. The Morgan fingerprint density at radius 1 is 1.48 bits per heavy atom. The van der Waals surface area contributed by atoms with Gasteiger partial charge in [0.05, 0.1) is 11.8 Å². The third-order valence-electron chi connectivity index (χ3n) is 3.66. The highest BCUT2D eigenvalue weighted by Crippen LogP contribution is 2.21. The number of furan rings is 1. The van der Waals surface area contributed by atoms with Crippen molar-refractivity contribution in [3.05, 3.63) is 41.6 Å². The normalized spacial score (nSPS) is 17.1. The maximum Gasteiger partial charge on any atom is 0.254 e. The molecule has 1 atom stereocenters. The lowest BCUT2D eigenvalue weighted by atomic mass is 9.92. The van der Waals surface area contributed by atoms with Crippen molar-refractivity contribution in [2.45, 2.75) is 25.3 Å². The molecule has 1 amide bonds. The van der Waals surface area contributed by atoms with Crippen LogP contribution in [0.15, 0.2) is 29.2 Å². The Kier molecular flexibility index (Phi) is 3.60. The molecule has 0 aromatic carbocycles. The summed E-state index contributed by atoms with van der Waals surface area (Å²) in [5, 5.41) is 3.03. The summed E-state index contributed by atoms with van der Waals surface area (Å²) in [4.78, 5) is 22.8. The summed E-state index contributed by atoms with van der Waals surface area (Å²) in [6, 6.07) is 1.78. The van der Waals surface area contributed by atoms with Crippen LogP contribution in [0.1, 0.15) is 28.0 Å². The molecule has 6 heteroatoms. The summed E-state index contributed by atoms with van der Waals surface area (Å²) >= 11 is 0. The van der Waals surface area contributed by atoms with E-state index in [1.165, 1.54) is 12.5 Å². The van der Waals surface area contributed by atoms with Gasteiger partial charge in [0.25, 0.3) is 5.91 Å². The molecule has 21 heavy (non-hydrogen) atoms. The maximum absolute atomic E-state index is 12.0. The highest BCUT2D eigenvalue weighted by molar-refractivity contribution is 5.93. The van der Waals surface area contributed by atoms with Crippen LogP contribution in [0.2, 0.25) is 0 Å². The molecule has 0 spiro atoms. The molecule has 6 nitrogen and oxygen atoms in total. The van der Waals surface area contributed by atoms with E-state index in [1.54, 1.807) is 6.07 Å². The standard InChI is InChI=1S/C15H18N4O2/c1-19(2)15-16-8-11-7-12(3-4-13(11)18-15)17-14(20)10-5-6-21-9-10/h5-6,8-9,12H,3-4,7H2,1-2H3,(H,17,20). The van der Waals surface area contributed by atoms with Crippen molar-refractivity contribution in [1.29, 1.82) is 0 Å². The van der Waals surface area contributed by atoms with E-state index in [0.29, 0.717) is 5.56 Å². The first-order valence-corrected chi connectivity index (χ1v) is 6.98. The molecular formula is C15H18N4O2. The molecule has 0 radical (unpaired) electrons. The number of nitrogens with zero attached hydrogens (tertiary/aromatic N) is 3. The van der Waals surface area contributed by atoms with Crippen molar-refractivity contribution >= 4 is 11.9 Å². The predicted molar refractivity (Wildman–Crippen MR) is 78.3 cm³/mol. The van der Waals surface area contributed by atoms with E-state index >= 15 is 0 Å². The Bertz CT molecular complexity index is 637. The molecule has 0 aliphatic heterocycles. The second-order valence-electron chi connectivity index (χ2n) is 5.46. The summed E-state index contributed by atoms with van der Waals surface area (Å²) in [7, 11) is 3.86. The van der Waals surface area contributed by atoms with Gasteiger partial charge in [0, 0.05) is 32.0 Å². The largest absolute Gasteiger partial charge is 0.472 e. The van der Waals surface area contributed by atoms with Crippen molar-refractivity contribution in [2.75, 3.05) is 19.0 Å². The molecule has 1 aliphatic carbocycles. The minimum absolute atomic E-state index is 0.0944. The molecule has 0 saturated carbocycles. The Balaban J connectivity index is 1.69. The van der Waals surface area contributed by atoms with Gasteiger partial charge in [-0.15, -0.1) is 0 Å². The van der Waals surface area contributed by atoms with E-state index in [0.717, 1.165) is 36.5 Å². The third kappa shape index (κ3) is 2.89. The van der Waals surface area contributed by atoms with Gasteiger partial charge in [-0.1, -0.05) is 0 Å². The molecule has 1 N–H and O–H groups in total. The molecule has 2 heterocycles. The molecule has 2 aromatic heterocycles. The van der Waals surface area contributed by atoms with Crippen LogP contribution in [0.3, 0.4) is 0 Å². The molecule has 1 aliphatic rings. The van der Waals surface area contributed by atoms with E-state index in [1.807, 2.05) is 25.2 Å². The first-order valence-electron chi connectivity index (χ1n) is 6.98. The minimum atomic E-state index is -0.0944. The number of hydrogen-bond acceptors (Lipinski definition) is 5. The number of anilines is 1. The number of hydrogen-bond donors (Lipinski definition) is 1. The van der Waals surface area contributed by atoms with Crippen molar-refractivity contribution in [1.82, 2.24) is 15.3 Å². The van der Waals surface area contributed by atoms with Gasteiger partial charge in [-0.3, -0.25) is 4.79 Å². The number of carbonyl (C=O) groups excluding carboxylic acids is 1. The lowest BCUT2D eigenvalue weighted by molar-refractivity contribution is 0.0933. The Morgan fingerprint density at radius 3 is 3.05 bits per heavy atom. The number of aromatic nitrogens is 2. The first-order chi connectivity index (χ1) is 10.1. The zero-order chi connectivity index (χ0) is 14.8. The van der Waals surface area contributed by atoms with E-state index < -0.39 is 0 Å². The second-order valence-corrected chi connectivity index (χ2v) is 5.46. The zero-order valence-electron chi connectivity index (χ0n) is 12.2. The molecule has 0 bridgehead atoms. The smallest absolute Gasteiger partial charge is 0.254 e. The molecule has 3 rings (SSSR count). The number of carbonyl (C=O) groups is 1. The van der Waals surface area contributed by atoms with Crippen LogP contribution in [0.25, 0.3) is 0 Å². The highest BCUT2D eigenvalue weighted by atomic mass is 16.3. The maximum atomic E-state index is 12.0. The van der Waals surface area contributed by atoms with Gasteiger partial charge in [-0.25, -0.2) is 9.97 Å². The van der Waals surface area contributed by atoms with E-state index in [2.05, 4.69) is 15.3 Å². The summed E-state index contributed by atoms with van der Waals surface area (Å²) in [6.45, 7) is 0. The number of rotatable bonds is 3. The van der Waals surface area contributed by atoms with Gasteiger partial charge >= 0.3 is 0 Å². The van der Waals surface area contributed by atoms with Crippen molar-refractivity contribution < 1.29 is 9.21 Å². The number of nitrogens with one attached hydrogen (secondary N) is 1. The fourth-order valence-electron chi connectivity index (χ4n) is 2.50. The van der Waals surface area contributed by atoms with Gasteiger partial charge in [-0.05, 0) is 30.9 Å². The number of fused-ring (bicyclic) bond motifs is 1. The Hall–Kier alpha value is -2.37. The summed E-state index contributed by atoms with van der Waals surface area (Å²) in [5.41, 5.74) is 2.76. The van der Waals surface area contributed by atoms with Crippen molar-refractivity contribution in [3.63, 3.8) is 0 Å². The Labute approximate surface area is 123 Å². The lowest BCUT2D eigenvalue weighted by Crippen LogP contribution is -2.39. The predicted octanol–water partition coefficient (Wildman–Crippen LogP) is 1.42. The zero-order valence-corrected chi connectivity index (χ0v) is 12.2. The average molecular weight is 286 g/mol. The summed E-state index contributed by atoms with van der Waals surface area (Å²) in [6.07, 6.45) is 7.34. The topological polar surface area (TPSA) is 71.3 Å². The second kappa shape index (κ2) is 5.55.